The molecule has 0 aliphatic rings. The Morgan fingerprint density at radius 1 is 0.867 bits per heavy atom. The molecule has 0 bridgehead atoms. The van der Waals surface area contributed by atoms with Crippen LogP contribution in [0.15, 0.2) is 83.0 Å². The van der Waals surface area contributed by atoms with Crippen molar-refractivity contribution in [1.82, 2.24) is 0 Å². The van der Waals surface area contributed by atoms with Crippen molar-refractivity contribution in [2.45, 2.75) is 0 Å². The molecule has 150 valence electrons. The van der Waals surface area contributed by atoms with Crippen molar-refractivity contribution in [3.63, 3.8) is 0 Å². The van der Waals surface area contributed by atoms with Crippen LogP contribution in [0.4, 0.5) is 11.4 Å². The number of hydrogen-bond donors (Lipinski definition) is 0. The fourth-order valence-electron chi connectivity index (χ4n) is 2.53. The number of allylic oxidation sites excluding steroid dienone is 1. The number of nitro groups is 2. The lowest BCUT2D eigenvalue weighted by molar-refractivity contribution is -0.385. The average Bonchev–Trinajstić information content (AvgIpc) is 2.74. The third-order valence-corrected chi connectivity index (χ3v) is 4.51. The van der Waals surface area contributed by atoms with E-state index in [0.717, 1.165) is 4.47 Å². The first kappa shape index (κ1) is 20.9. The molecular weight excluding hydrogens is 456 g/mol. The van der Waals surface area contributed by atoms with Crippen LogP contribution in [0.5, 0.6) is 5.75 Å². The molecule has 0 saturated carbocycles. The molecule has 8 nitrogen and oxygen atoms in total. The monoisotopic (exact) mass is 468 g/mol. The van der Waals surface area contributed by atoms with Crippen LogP contribution in [-0.2, 0) is 0 Å². The zero-order valence-electron chi connectivity index (χ0n) is 15.2. The summed E-state index contributed by atoms with van der Waals surface area (Å²) in [5.41, 5.74) is 0.490. The lowest BCUT2D eigenvalue weighted by Crippen LogP contribution is -2.09. The number of rotatable bonds is 7. The Bertz CT molecular complexity index is 1140. The van der Waals surface area contributed by atoms with Gasteiger partial charge in [0.25, 0.3) is 11.4 Å². The van der Waals surface area contributed by atoms with E-state index >= 15 is 0 Å². The van der Waals surface area contributed by atoms with Crippen molar-refractivity contribution < 1.29 is 19.4 Å². The van der Waals surface area contributed by atoms with Crippen LogP contribution < -0.4 is 4.74 Å². The summed E-state index contributed by atoms with van der Waals surface area (Å²) in [5.74, 6) is -0.332. The number of ether oxygens (including phenoxy) is 1. The van der Waals surface area contributed by atoms with E-state index in [2.05, 4.69) is 15.9 Å². The van der Waals surface area contributed by atoms with Gasteiger partial charge in [0, 0.05) is 34.3 Å². The summed E-state index contributed by atoms with van der Waals surface area (Å²) in [6.45, 7) is 0. The van der Waals surface area contributed by atoms with E-state index in [1.807, 2.05) is 0 Å². The molecule has 0 N–H and O–H groups in total. The Hall–Kier alpha value is -3.85. The third kappa shape index (κ3) is 5.15. The number of nitrogens with zero attached hydrogens (tertiary/aromatic N) is 2. The van der Waals surface area contributed by atoms with Crippen LogP contribution in [0.25, 0.3) is 6.08 Å². The molecule has 0 saturated heterocycles. The summed E-state index contributed by atoms with van der Waals surface area (Å²) in [7, 11) is 0. The third-order valence-electron chi connectivity index (χ3n) is 3.98. The largest absolute Gasteiger partial charge is 0.453 e. The van der Waals surface area contributed by atoms with Crippen molar-refractivity contribution in [3.05, 3.63) is 114 Å². The Morgan fingerprint density at radius 2 is 1.50 bits per heavy atom. The number of halogens is 1. The number of carbonyl (C=O) groups excluding carboxylic acids is 1. The number of ketones is 1. The minimum atomic E-state index is -0.545. The molecule has 0 heterocycles. The van der Waals surface area contributed by atoms with Gasteiger partial charge in [0.2, 0.25) is 5.78 Å². The highest BCUT2D eigenvalue weighted by Gasteiger charge is 2.17. The second kappa shape index (κ2) is 9.10. The van der Waals surface area contributed by atoms with Crippen molar-refractivity contribution in [3.8, 4) is 5.75 Å². The van der Waals surface area contributed by atoms with E-state index in [1.54, 1.807) is 30.3 Å². The molecule has 0 aromatic heterocycles. The van der Waals surface area contributed by atoms with Gasteiger partial charge in [0.1, 0.15) is 5.75 Å². The normalized spacial score (nSPS) is 11.0. The molecule has 0 amide bonds. The summed E-state index contributed by atoms with van der Waals surface area (Å²) in [4.78, 5) is 33.8. The quantitative estimate of drug-likeness (QED) is 0.147. The molecule has 30 heavy (non-hydrogen) atoms. The Morgan fingerprint density at radius 3 is 2.10 bits per heavy atom. The molecule has 9 heteroatoms. The molecule has 0 unspecified atom stereocenters. The van der Waals surface area contributed by atoms with Gasteiger partial charge in [-0.2, -0.15) is 0 Å². The summed E-state index contributed by atoms with van der Waals surface area (Å²) in [6, 6.07) is 17.6. The molecule has 0 aliphatic carbocycles. The van der Waals surface area contributed by atoms with Gasteiger partial charge in [-0.15, -0.1) is 0 Å². The number of nitro benzene ring substituents is 2. The first-order valence-corrected chi connectivity index (χ1v) is 9.31. The number of carbonyl (C=O) groups is 1. The lowest BCUT2D eigenvalue weighted by atomic mass is 10.1. The van der Waals surface area contributed by atoms with E-state index in [1.165, 1.54) is 48.5 Å². The van der Waals surface area contributed by atoms with Gasteiger partial charge in [-0.1, -0.05) is 28.1 Å². The number of benzene rings is 3. The van der Waals surface area contributed by atoms with E-state index < -0.39 is 15.6 Å². The molecule has 0 spiro atoms. The van der Waals surface area contributed by atoms with Gasteiger partial charge in [0.15, 0.2) is 5.76 Å². The predicted molar refractivity (Wildman–Crippen MR) is 113 cm³/mol. The van der Waals surface area contributed by atoms with Crippen LogP contribution in [0.3, 0.4) is 0 Å². The SMILES string of the molecule is O=C(/C(=C\c1cccc([N+](=O)[O-])c1)Oc1ccc([N+](=O)[O-])cc1)c1ccc(Br)cc1. The van der Waals surface area contributed by atoms with E-state index in [-0.39, 0.29) is 22.9 Å². The maximum Gasteiger partial charge on any atom is 0.270 e. The highest BCUT2D eigenvalue weighted by atomic mass is 79.9. The molecule has 3 rings (SSSR count). The van der Waals surface area contributed by atoms with Crippen molar-refractivity contribution >= 4 is 39.2 Å². The molecule has 0 radical (unpaired) electrons. The predicted octanol–water partition coefficient (Wildman–Crippen LogP) is 5.57. The van der Waals surface area contributed by atoms with Crippen LogP contribution in [0.2, 0.25) is 0 Å². The zero-order valence-corrected chi connectivity index (χ0v) is 16.8. The van der Waals surface area contributed by atoms with Crippen LogP contribution in [-0.4, -0.2) is 15.6 Å². The first-order chi connectivity index (χ1) is 14.3. The van der Waals surface area contributed by atoms with Crippen LogP contribution in [0, 0.1) is 20.2 Å². The molecule has 3 aromatic rings. The van der Waals surface area contributed by atoms with Gasteiger partial charge >= 0.3 is 0 Å². The van der Waals surface area contributed by atoms with Crippen molar-refractivity contribution in [2.75, 3.05) is 0 Å². The summed E-state index contributed by atoms with van der Waals surface area (Å²) in [6.07, 6.45) is 1.39. The Kier molecular flexibility index (Phi) is 6.33. The number of hydrogen-bond acceptors (Lipinski definition) is 6. The summed E-state index contributed by atoms with van der Waals surface area (Å²) >= 11 is 3.30. The topological polar surface area (TPSA) is 113 Å². The first-order valence-electron chi connectivity index (χ1n) is 8.52. The molecule has 0 fully saturated rings. The second-order valence-corrected chi connectivity index (χ2v) is 6.97. The van der Waals surface area contributed by atoms with Gasteiger partial charge in [-0.3, -0.25) is 25.0 Å². The van der Waals surface area contributed by atoms with Crippen LogP contribution in [0.1, 0.15) is 15.9 Å². The van der Waals surface area contributed by atoms with Gasteiger partial charge in [0.05, 0.1) is 9.85 Å². The highest BCUT2D eigenvalue weighted by Crippen LogP contribution is 2.24. The van der Waals surface area contributed by atoms with E-state index in [4.69, 9.17) is 4.74 Å². The summed E-state index contributed by atoms with van der Waals surface area (Å²) in [5, 5.41) is 21.9. The van der Waals surface area contributed by atoms with E-state index in [9.17, 15) is 25.0 Å². The van der Waals surface area contributed by atoms with Crippen molar-refractivity contribution in [1.29, 1.82) is 0 Å². The molecule has 0 atom stereocenters. The standard InChI is InChI=1S/C21H13BrN2O6/c22-16-6-4-15(5-7-16)21(25)20(13-14-2-1-3-18(12-14)24(28)29)30-19-10-8-17(9-11-19)23(26)27/h1-13H/b20-13+. The number of Topliss-reactive ketones (excluding diaryl/α,β-unsaturated/α-hetero) is 1. The molecule has 0 aliphatic heterocycles. The smallest absolute Gasteiger partial charge is 0.270 e. The minimum absolute atomic E-state index is 0.0910. The maximum absolute atomic E-state index is 13.0. The zero-order chi connectivity index (χ0) is 21.7. The van der Waals surface area contributed by atoms with Gasteiger partial charge < -0.3 is 4.74 Å². The lowest BCUT2D eigenvalue weighted by Gasteiger charge is -2.10. The minimum Gasteiger partial charge on any atom is -0.453 e. The second-order valence-electron chi connectivity index (χ2n) is 6.05. The fraction of sp³-hybridized carbons (Fsp3) is 0. The maximum atomic E-state index is 13.0. The Labute approximate surface area is 178 Å². The Balaban J connectivity index is 2.00. The average molecular weight is 469 g/mol. The summed E-state index contributed by atoms with van der Waals surface area (Å²) < 4.78 is 6.50. The number of non-ortho nitro benzene ring substituents is 2. The van der Waals surface area contributed by atoms with Gasteiger partial charge in [-0.25, -0.2) is 0 Å². The molecular formula is C21H13BrN2O6. The van der Waals surface area contributed by atoms with Crippen molar-refractivity contribution in [2.24, 2.45) is 0 Å². The van der Waals surface area contributed by atoms with E-state index in [0.29, 0.717) is 11.1 Å². The highest BCUT2D eigenvalue weighted by molar-refractivity contribution is 9.10. The fourth-order valence-corrected chi connectivity index (χ4v) is 2.79. The van der Waals surface area contributed by atoms with Crippen LogP contribution >= 0.6 is 15.9 Å². The van der Waals surface area contributed by atoms with Gasteiger partial charge in [-0.05, 0) is 48.0 Å². The molecule has 3 aromatic carbocycles.